The molecule has 4 nitrogen and oxygen atoms in total. The van der Waals surface area contributed by atoms with Crippen LogP contribution < -0.4 is 0 Å². The van der Waals surface area contributed by atoms with E-state index in [0.29, 0.717) is 6.42 Å². The van der Waals surface area contributed by atoms with Gasteiger partial charge in [0.05, 0.1) is 0 Å². The van der Waals surface area contributed by atoms with Crippen LogP contribution in [-0.2, 0) is 19.1 Å². The van der Waals surface area contributed by atoms with Crippen LogP contribution >= 0.6 is 0 Å². The van der Waals surface area contributed by atoms with Gasteiger partial charge >= 0.3 is 11.9 Å². The number of ether oxygens (including phenoxy) is 2. The third-order valence-corrected chi connectivity index (χ3v) is 1.91. The Kier molecular flexibility index (Phi) is 5.05. The van der Waals surface area contributed by atoms with Crippen LogP contribution in [0.3, 0.4) is 0 Å². The van der Waals surface area contributed by atoms with Crippen LogP contribution in [0.1, 0.15) is 34.1 Å². The predicted octanol–water partition coefficient (Wildman–Crippen LogP) is 1.84. The molecule has 0 atom stereocenters. The van der Waals surface area contributed by atoms with Crippen molar-refractivity contribution in [1.29, 1.82) is 0 Å². The molecule has 0 aliphatic heterocycles. The van der Waals surface area contributed by atoms with Crippen molar-refractivity contribution in [3.8, 4) is 0 Å². The van der Waals surface area contributed by atoms with Crippen LogP contribution in [0.15, 0.2) is 12.2 Å². The van der Waals surface area contributed by atoms with Crippen LogP contribution in [0, 0.1) is 0 Å². The number of esters is 2. The van der Waals surface area contributed by atoms with Crippen molar-refractivity contribution in [3.05, 3.63) is 12.2 Å². The summed E-state index contributed by atoms with van der Waals surface area (Å²) < 4.78 is 9.71. The lowest BCUT2D eigenvalue weighted by molar-refractivity contribution is -0.166. The van der Waals surface area contributed by atoms with Crippen molar-refractivity contribution < 1.29 is 19.1 Å². The monoisotopic (exact) mass is 214 g/mol. The van der Waals surface area contributed by atoms with Crippen molar-refractivity contribution in [2.24, 2.45) is 0 Å². The van der Waals surface area contributed by atoms with E-state index in [-0.39, 0.29) is 12.2 Å². The SMILES string of the molecule is C=C(C)C(=O)OCC(=O)OC(C)(C)CC. The molecule has 0 rings (SSSR count). The summed E-state index contributed by atoms with van der Waals surface area (Å²) in [6.07, 6.45) is 0.702. The third-order valence-electron chi connectivity index (χ3n) is 1.91. The van der Waals surface area contributed by atoms with Gasteiger partial charge in [-0.15, -0.1) is 0 Å². The molecule has 0 fully saturated rings. The summed E-state index contributed by atoms with van der Waals surface area (Å²) in [5.41, 5.74) is -0.259. The van der Waals surface area contributed by atoms with E-state index in [0.717, 1.165) is 0 Å². The highest BCUT2D eigenvalue weighted by atomic mass is 16.6. The zero-order valence-corrected chi connectivity index (χ0v) is 9.75. The first-order valence-corrected chi connectivity index (χ1v) is 4.83. The summed E-state index contributed by atoms with van der Waals surface area (Å²) in [6.45, 7) is 10.1. The molecule has 4 heteroatoms. The average Bonchev–Trinajstić information content (AvgIpc) is 2.13. The first-order chi connectivity index (χ1) is 6.78. The fraction of sp³-hybridized carbons (Fsp3) is 0.636. The molecule has 0 saturated carbocycles. The summed E-state index contributed by atoms with van der Waals surface area (Å²) in [4.78, 5) is 22.2. The van der Waals surface area contributed by atoms with Gasteiger partial charge in [0.1, 0.15) is 5.60 Å². The molecule has 0 radical (unpaired) electrons. The van der Waals surface area contributed by atoms with Crippen molar-refractivity contribution >= 4 is 11.9 Å². The highest BCUT2D eigenvalue weighted by Gasteiger charge is 2.21. The summed E-state index contributed by atoms with van der Waals surface area (Å²) in [7, 11) is 0. The van der Waals surface area contributed by atoms with Gasteiger partial charge in [-0.25, -0.2) is 9.59 Å². The number of carbonyl (C=O) groups excluding carboxylic acids is 2. The molecule has 0 aromatic carbocycles. The quantitative estimate of drug-likeness (QED) is 0.517. The van der Waals surface area contributed by atoms with Gasteiger partial charge in [-0.2, -0.15) is 0 Å². The maximum absolute atomic E-state index is 11.2. The van der Waals surface area contributed by atoms with Gasteiger partial charge in [0, 0.05) is 5.57 Å². The van der Waals surface area contributed by atoms with Crippen molar-refractivity contribution in [2.75, 3.05) is 6.61 Å². The zero-order valence-electron chi connectivity index (χ0n) is 9.75. The lowest BCUT2D eigenvalue weighted by atomic mass is 10.1. The van der Waals surface area contributed by atoms with Gasteiger partial charge in [0.25, 0.3) is 0 Å². The molecule has 0 unspecified atom stereocenters. The molecule has 0 spiro atoms. The van der Waals surface area contributed by atoms with E-state index in [1.165, 1.54) is 6.92 Å². The smallest absolute Gasteiger partial charge is 0.344 e. The second kappa shape index (κ2) is 5.53. The van der Waals surface area contributed by atoms with Crippen LogP contribution in [0.5, 0.6) is 0 Å². The van der Waals surface area contributed by atoms with E-state index in [1.54, 1.807) is 13.8 Å². The molecule has 0 aliphatic carbocycles. The maximum atomic E-state index is 11.2. The van der Waals surface area contributed by atoms with Gasteiger partial charge < -0.3 is 9.47 Å². The van der Waals surface area contributed by atoms with E-state index in [1.807, 2.05) is 6.92 Å². The fourth-order valence-electron chi connectivity index (χ4n) is 0.657. The standard InChI is InChI=1S/C11H18O4/c1-6-11(4,5)15-9(12)7-14-10(13)8(2)3/h2,6-7H2,1,3-5H3. The van der Waals surface area contributed by atoms with Crippen LogP contribution in [0.4, 0.5) is 0 Å². The minimum absolute atomic E-state index is 0.262. The Morgan fingerprint density at radius 2 is 1.87 bits per heavy atom. The number of carbonyl (C=O) groups is 2. The Bertz CT molecular complexity index is 266. The van der Waals surface area contributed by atoms with Crippen molar-refractivity contribution in [1.82, 2.24) is 0 Å². The van der Waals surface area contributed by atoms with E-state index in [9.17, 15) is 9.59 Å². The van der Waals surface area contributed by atoms with Crippen LogP contribution in [0.25, 0.3) is 0 Å². The molecular formula is C11H18O4. The van der Waals surface area contributed by atoms with Gasteiger partial charge in [-0.1, -0.05) is 13.5 Å². The minimum Gasteiger partial charge on any atom is -0.457 e. The second-order valence-electron chi connectivity index (χ2n) is 3.94. The van der Waals surface area contributed by atoms with Crippen molar-refractivity contribution in [2.45, 2.75) is 39.7 Å². The average molecular weight is 214 g/mol. The summed E-state index contributed by atoms with van der Waals surface area (Å²) in [5, 5.41) is 0. The molecular weight excluding hydrogens is 196 g/mol. The molecule has 0 aliphatic rings. The highest BCUT2D eigenvalue weighted by molar-refractivity contribution is 5.88. The van der Waals surface area contributed by atoms with E-state index >= 15 is 0 Å². The molecule has 0 amide bonds. The highest BCUT2D eigenvalue weighted by Crippen LogP contribution is 2.13. The molecule has 0 aromatic rings. The largest absolute Gasteiger partial charge is 0.457 e. The Morgan fingerprint density at radius 3 is 2.27 bits per heavy atom. The van der Waals surface area contributed by atoms with E-state index in [2.05, 4.69) is 11.3 Å². The van der Waals surface area contributed by atoms with Crippen LogP contribution in [-0.4, -0.2) is 24.1 Å². The summed E-state index contributed by atoms with van der Waals surface area (Å²) in [5.74, 6) is -1.13. The first kappa shape index (κ1) is 13.7. The molecule has 0 heterocycles. The number of hydrogen-bond acceptors (Lipinski definition) is 4. The van der Waals surface area contributed by atoms with Gasteiger partial charge in [0.15, 0.2) is 6.61 Å². The lowest BCUT2D eigenvalue weighted by Gasteiger charge is -2.22. The predicted molar refractivity (Wildman–Crippen MR) is 56.2 cm³/mol. The topological polar surface area (TPSA) is 52.6 Å². The number of hydrogen-bond donors (Lipinski definition) is 0. The summed E-state index contributed by atoms with van der Waals surface area (Å²) >= 11 is 0. The lowest BCUT2D eigenvalue weighted by Crippen LogP contribution is -2.29. The van der Waals surface area contributed by atoms with Crippen LogP contribution in [0.2, 0.25) is 0 Å². The maximum Gasteiger partial charge on any atom is 0.344 e. The third kappa shape index (κ3) is 5.88. The van der Waals surface area contributed by atoms with Gasteiger partial charge in [0.2, 0.25) is 0 Å². The minimum atomic E-state index is -0.582. The molecule has 86 valence electrons. The second-order valence-corrected chi connectivity index (χ2v) is 3.94. The molecule has 0 N–H and O–H groups in total. The molecule has 0 saturated heterocycles. The normalized spacial score (nSPS) is 10.7. The fourth-order valence-corrected chi connectivity index (χ4v) is 0.657. The van der Waals surface area contributed by atoms with E-state index < -0.39 is 17.5 Å². The molecule has 0 aromatic heterocycles. The Labute approximate surface area is 90.2 Å². The van der Waals surface area contributed by atoms with Crippen molar-refractivity contribution in [3.63, 3.8) is 0 Å². The molecule has 0 bridgehead atoms. The summed E-state index contributed by atoms with van der Waals surface area (Å²) in [6, 6.07) is 0. The first-order valence-electron chi connectivity index (χ1n) is 4.83. The number of rotatable bonds is 5. The van der Waals surface area contributed by atoms with E-state index in [4.69, 9.17) is 4.74 Å². The molecule has 15 heavy (non-hydrogen) atoms. The zero-order chi connectivity index (χ0) is 12.1. The van der Waals surface area contributed by atoms with Gasteiger partial charge in [-0.3, -0.25) is 0 Å². The Hall–Kier alpha value is -1.32. The Morgan fingerprint density at radius 1 is 1.33 bits per heavy atom. The Balaban J connectivity index is 3.96. The van der Waals surface area contributed by atoms with Gasteiger partial charge in [-0.05, 0) is 27.2 Å².